The van der Waals surface area contributed by atoms with E-state index in [0.717, 1.165) is 53.2 Å². The number of aromatic nitrogens is 2. The van der Waals surface area contributed by atoms with Crippen molar-refractivity contribution in [3.05, 3.63) is 56.4 Å². The van der Waals surface area contributed by atoms with Gasteiger partial charge in [0.15, 0.2) is 0 Å². The van der Waals surface area contributed by atoms with E-state index in [1.165, 1.54) is 10.4 Å². The van der Waals surface area contributed by atoms with Crippen molar-refractivity contribution in [2.24, 2.45) is 5.92 Å². The Labute approximate surface area is 169 Å². The molecule has 28 heavy (non-hydrogen) atoms. The molecule has 6 heteroatoms. The molecule has 2 atom stereocenters. The van der Waals surface area contributed by atoms with Gasteiger partial charge in [0.25, 0.3) is 5.56 Å². The highest BCUT2D eigenvalue weighted by Crippen LogP contribution is 2.36. The minimum atomic E-state index is 0.00125. The zero-order valence-corrected chi connectivity index (χ0v) is 17.7. The van der Waals surface area contributed by atoms with Crippen LogP contribution >= 0.6 is 11.3 Å². The first kappa shape index (κ1) is 19.2. The van der Waals surface area contributed by atoms with Gasteiger partial charge in [0.1, 0.15) is 16.4 Å². The monoisotopic (exact) mass is 397 g/mol. The summed E-state index contributed by atoms with van der Waals surface area (Å²) in [6.07, 6.45) is 3.21. The maximum Gasteiger partial charge on any atom is 0.259 e. The number of aryl methyl sites for hydroxylation is 1. The molecule has 0 amide bonds. The number of fused-ring (bicyclic) bond motifs is 3. The van der Waals surface area contributed by atoms with Gasteiger partial charge in [0, 0.05) is 11.4 Å². The zero-order valence-electron chi connectivity index (χ0n) is 16.9. The Balaban J connectivity index is 1.62. The molecule has 1 N–H and O–H groups in total. The molecule has 1 aliphatic rings. The summed E-state index contributed by atoms with van der Waals surface area (Å²) in [6, 6.07) is 8.06. The molecular weight excluding hydrogens is 370 g/mol. The highest BCUT2D eigenvalue weighted by atomic mass is 32.1. The minimum absolute atomic E-state index is 0.00125. The van der Waals surface area contributed by atoms with Crippen LogP contribution in [0, 0.1) is 5.92 Å². The second kappa shape index (κ2) is 7.68. The van der Waals surface area contributed by atoms with Crippen LogP contribution in [-0.2, 0) is 19.4 Å². The molecule has 0 fully saturated rings. The molecule has 0 aliphatic heterocycles. The molecule has 1 aromatic carbocycles. The molecule has 0 bridgehead atoms. The maximum atomic E-state index is 12.9. The number of H-pyrrole nitrogens is 1. The van der Waals surface area contributed by atoms with Crippen LogP contribution in [0.25, 0.3) is 10.2 Å². The third-order valence-electron chi connectivity index (χ3n) is 5.81. The summed E-state index contributed by atoms with van der Waals surface area (Å²) in [4.78, 5) is 25.2. The van der Waals surface area contributed by atoms with Crippen molar-refractivity contribution in [1.82, 2.24) is 14.9 Å². The van der Waals surface area contributed by atoms with Crippen molar-refractivity contribution in [3.8, 4) is 5.75 Å². The van der Waals surface area contributed by atoms with Gasteiger partial charge in [-0.1, -0.05) is 19.1 Å². The van der Waals surface area contributed by atoms with Gasteiger partial charge in [0.2, 0.25) is 0 Å². The predicted octanol–water partition coefficient (Wildman–Crippen LogP) is 4.31. The third kappa shape index (κ3) is 3.59. The predicted molar refractivity (Wildman–Crippen MR) is 114 cm³/mol. The fraction of sp³-hybridized carbons (Fsp3) is 0.455. The van der Waals surface area contributed by atoms with E-state index in [9.17, 15) is 4.79 Å². The summed E-state index contributed by atoms with van der Waals surface area (Å²) in [6.45, 7) is 5.12. The lowest BCUT2D eigenvalue weighted by atomic mass is 9.89. The van der Waals surface area contributed by atoms with Crippen LogP contribution in [0.3, 0.4) is 0 Å². The lowest BCUT2D eigenvalue weighted by molar-refractivity contribution is 0.243. The van der Waals surface area contributed by atoms with Crippen LogP contribution < -0.4 is 10.3 Å². The number of aromatic amines is 1. The number of hydrogen-bond donors (Lipinski definition) is 1. The average Bonchev–Trinajstić information content (AvgIpc) is 3.05. The lowest BCUT2D eigenvalue weighted by Crippen LogP contribution is -2.26. The first-order chi connectivity index (χ1) is 13.5. The number of thiophene rings is 1. The summed E-state index contributed by atoms with van der Waals surface area (Å²) in [5.74, 6) is 2.27. The van der Waals surface area contributed by atoms with Crippen molar-refractivity contribution < 1.29 is 4.74 Å². The van der Waals surface area contributed by atoms with Crippen molar-refractivity contribution in [1.29, 1.82) is 0 Å². The molecule has 2 heterocycles. The smallest absolute Gasteiger partial charge is 0.259 e. The number of ether oxygens (including phenoxy) is 1. The average molecular weight is 398 g/mol. The fourth-order valence-corrected chi connectivity index (χ4v) is 5.36. The summed E-state index contributed by atoms with van der Waals surface area (Å²) in [5, 5.41) is 0.818. The van der Waals surface area contributed by atoms with Crippen molar-refractivity contribution >= 4 is 21.6 Å². The Hall–Kier alpha value is -2.18. The Morgan fingerprint density at radius 1 is 1.43 bits per heavy atom. The van der Waals surface area contributed by atoms with Crippen LogP contribution in [0.1, 0.15) is 48.1 Å². The largest absolute Gasteiger partial charge is 0.497 e. The van der Waals surface area contributed by atoms with Crippen LogP contribution in [0.5, 0.6) is 5.75 Å². The molecule has 0 unspecified atom stereocenters. The molecule has 0 spiro atoms. The van der Waals surface area contributed by atoms with Gasteiger partial charge in [-0.15, -0.1) is 11.3 Å². The Kier molecular flexibility index (Phi) is 5.25. The first-order valence-corrected chi connectivity index (χ1v) is 10.7. The SMILES string of the molecule is COc1cccc(CN(C)[C@H](C)c2nc3sc4c(c3c(=O)[nH]2)CC[C@H](C)C4)c1. The molecule has 148 valence electrons. The van der Waals surface area contributed by atoms with Crippen LogP contribution in [0.2, 0.25) is 0 Å². The summed E-state index contributed by atoms with van der Waals surface area (Å²) in [5.41, 5.74) is 2.40. The topological polar surface area (TPSA) is 58.2 Å². The molecule has 3 aromatic rings. The van der Waals surface area contributed by atoms with Gasteiger partial charge in [0.05, 0.1) is 18.5 Å². The molecule has 1 aliphatic carbocycles. The van der Waals surface area contributed by atoms with E-state index >= 15 is 0 Å². The Bertz CT molecular complexity index is 1060. The fourth-order valence-electron chi connectivity index (χ4n) is 3.97. The van der Waals surface area contributed by atoms with Crippen LogP contribution in [0.4, 0.5) is 0 Å². The van der Waals surface area contributed by atoms with E-state index in [1.807, 2.05) is 18.2 Å². The quantitative estimate of drug-likeness (QED) is 0.697. The van der Waals surface area contributed by atoms with E-state index in [2.05, 4.69) is 36.8 Å². The van der Waals surface area contributed by atoms with E-state index in [0.29, 0.717) is 5.92 Å². The first-order valence-electron chi connectivity index (χ1n) is 9.84. The summed E-state index contributed by atoms with van der Waals surface area (Å²) >= 11 is 1.70. The highest BCUT2D eigenvalue weighted by Gasteiger charge is 2.24. The number of nitrogens with one attached hydrogen (secondary N) is 1. The van der Waals surface area contributed by atoms with E-state index in [-0.39, 0.29) is 11.6 Å². The van der Waals surface area contributed by atoms with Gasteiger partial charge < -0.3 is 9.72 Å². The second-order valence-electron chi connectivity index (χ2n) is 7.93. The zero-order chi connectivity index (χ0) is 19.8. The van der Waals surface area contributed by atoms with E-state index in [1.54, 1.807) is 18.4 Å². The van der Waals surface area contributed by atoms with Crippen molar-refractivity contribution in [2.45, 2.75) is 45.7 Å². The second-order valence-corrected chi connectivity index (χ2v) is 9.01. The normalized spacial score (nSPS) is 17.7. The number of hydrogen-bond acceptors (Lipinski definition) is 5. The third-order valence-corrected chi connectivity index (χ3v) is 6.95. The maximum absolute atomic E-state index is 12.9. The van der Waals surface area contributed by atoms with Gasteiger partial charge >= 0.3 is 0 Å². The number of methoxy groups -OCH3 is 1. The van der Waals surface area contributed by atoms with Crippen LogP contribution in [-0.4, -0.2) is 29.0 Å². The van der Waals surface area contributed by atoms with Crippen molar-refractivity contribution in [3.63, 3.8) is 0 Å². The summed E-state index contributed by atoms with van der Waals surface area (Å²) < 4.78 is 5.32. The molecular formula is C22H27N3O2S. The number of nitrogens with zero attached hydrogens (tertiary/aromatic N) is 2. The standard InChI is InChI=1S/C22H27N3O2S/c1-13-8-9-17-18(10-13)28-22-19(17)21(26)23-20(24-22)14(2)25(3)12-15-6-5-7-16(11-15)27-4/h5-7,11,13-14H,8-10,12H2,1-4H3,(H,23,24,26)/t13-,14+/m0/s1. The molecule has 4 rings (SSSR count). The molecule has 2 aromatic heterocycles. The van der Waals surface area contributed by atoms with Gasteiger partial charge in [-0.05, 0) is 62.4 Å². The molecule has 5 nitrogen and oxygen atoms in total. The van der Waals surface area contributed by atoms with E-state index in [4.69, 9.17) is 9.72 Å². The summed E-state index contributed by atoms with van der Waals surface area (Å²) in [7, 11) is 3.73. The Morgan fingerprint density at radius 3 is 3.04 bits per heavy atom. The van der Waals surface area contributed by atoms with Gasteiger partial charge in [-0.2, -0.15) is 0 Å². The molecule has 0 saturated carbocycles. The molecule has 0 saturated heterocycles. The minimum Gasteiger partial charge on any atom is -0.497 e. The molecule has 0 radical (unpaired) electrons. The van der Waals surface area contributed by atoms with Crippen LogP contribution in [0.15, 0.2) is 29.1 Å². The number of benzene rings is 1. The Morgan fingerprint density at radius 2 is 2.25 bits per heavy atom. The lowest BCUT2D eigenvalue weighted by Gasteiger charge is -2.24. The van der Waals surface area contributed by atoms with Gasteiger partial charge in [-0.3, -0.25) is 9.69 Å². The van der Waals surface area contributed by atoms with E-state index < -0.39 is 0 Å². The van der Waals surface area contributed by atoms with Crippen molar-refractivity contribution in [2.75, 3.05) is 14.2 Å². The van der Waals surface area contributed by atoms with Gasteiger partial charge in [-0.25, -0.2) is 4.98 Å². The highest BCUT2D eigenvalue weighted by molar-refractivity contribution is 7.18. The number of rotatable bonds is 5.